The summed E-state index contributed by atoms with van der Waals surface area (Å²) in [6.07, 6.45) is -0.0303. The van der Waals surface area contributed by atoms with Gasteiger partial charge in [0.05, 0.1) is 6.42 Å². The van der Waals surface area contributed by atoms with E-state index < -0.39 is 5.97 Å². The summed E-state index contributed by atoms with van der Waals surface area (Å²) >= 11 is 0. The normalized spacial score (nSPS) is 10.7. The monoisotopic (exact) mass is 414 g/mol. The zero-order valence-electron chi connectivity index (χ0n) is 17.0. The molecule has 4 aromatic rings. The number of benzene rings is 3. The van der Waals surface area contributed by atoms with Crippen molar-refractivity contribution in [2.24, 2.45) is 0 Å². The summed E-state index contributed by atoms with van der Waals surface area (Å²) in [7, 11) is 0. The van der Waals surface area contributed by atoms with Crippen molar-refractivity contribution < 1.29 is 19.4 Å². The Balaban J connectivity index is 1.52. The predicted octanol–water partition coefficient (Wildman–Crippen LogP) is 5.33. The Bertz CT molecular complexity index is 1230. The first-order chi connectivity index (χ1) is 15.1. The number of fused-ring (bicyclic) bond motifs is 1. The third-order valence-corrected chi connectivity index (χ3v) is 5.05. The van der Waals surface area contributed by atoms with Crippen LogP contribution in [-0.4, -0.2) is 21.6 Å². The van der Waals surface area contributed by atoms with Crippen LogP contribution in [0.25, 0.3) is 10.9 Å². The van der Waals surface area contributed by atoms with Crippen molar-refractivity contribution in [2.75, 3.05) is 5.32 Å². The van der Waals surface area contributed by atoms with Crippen LogP contribution in [0.2, 0.25) is 0 Å². The minimum atomic E-state index is -1.04. The van der Waals surface area contributed by atoms with Gasteiger partial charge in [0, 0.05) is 28.7 Å². The van der Waals surface area contributed by atoms with E-state index in [-0.39, 0.29) is 18.0 Å². The maximum absolute atomic E-state index is 12.7. The second kappa shape index (κ2) is 8.75. The molecule has 31 heavy (non-hydrogen) atoms. The van der Waals surface area contributed by atoms with Gasteiger partial charge in [-0.3, -0.25) is 4.79 Å². The first-order valence-electron chi connectivity index (χ1n) is 10.0. The molecule has 0 fully saturated rings. The van der Waals surface area contributed by atoms with Gasteiger partial charge in [-0.2, -0.15) is 0 Å². The van der Waals surface area contributed by atoms with E-state index in [9.17, 15) is 14.7 Å². The predicted molar refractivity (Wildman–Crippen MR) is 120 cm³/mol. The highest BCUT2D eigenvalue weighted by atomic mass is 16.5. The number of aromatic nitrogens is 1. The third kappa shape index (κ3) is 4.28. The lowest BCUT2D eigenvalue weighted by Crippen LogP contribution is -2.17. The van der Waals surface area contributed by atoms with Crippen molar-refractivity contribution in [3.63, 3.8) is 0 Å². The molecule has 0 unspecified atom stereocenters. The summed E-state index contributed by atoms with van der Waals surface area (Å²) < 4.78 is 7.49. The Morgan fingerprint density at radius 1 is 0.903 bits per heavy atom. The number of hydrogen-bond donors (Lipinski definition) is 2. The van der Waals surface area contributed by atoms with E-state index in [0.717, 1.165) is 16.7 Å². The quantitative estimate of drug-likeness (QED) is 0.428. The van der Waals surface area contributed by atoms with Crippen LogP contribution < -0.4 is 10.1 Å². The molecule has 0 aliphatic rings. The lowest BCUT2D eigenvalue weighted by Gasteiger charge is -2.09. The van der Waals surface area contributed by atoms with Crippen LogP contribution in [0.3, 0.4) is 0 Å². The van der Waals surface area contributed by atoms with Crippen LogP contribution in [0.5, 0.6) is 11.5 Å². The van der Waals surface area contributed by atoms with Gasteiger partial charge >= 0.3 is 5.97 Å². The van der Waals surface area contributed by atoms with Gasteiger partial charge in [-0.15, -0.1) is 0 Å². The fraction of sp³-hybridized carbons (Fsp3) is 0.120. The average molecular weight is 414 g/mol. The number of carboxylic acids is 1. The number of para-hydroxylation sites is 2. The van der Waals surface area contributed by atoms with Crippen LogP contribution >= 0.6 is 0 Å². The number of hydrogen-bond acceptors (Lipinski definition) is 3. The summed E-state index contributed by atoms with van der Waals surface area (Å²) in [5.74, 6) is 0.0673. The Hall–Kier alpha value is -4.06. The summed E-state index contributed by atoms with van der Waals surface area (Å²) in [4.78, 5) is 24.7. The van der Waals surface area contributed by atoms with Gasteiger partial charge in [0.2, 0.25) is 5.91 Å². The lowest BCUT2D eigenvalue weighted by atomic mass is 10.1. The molecule has 0 saturated heterocycles. The SMILES string of the molecule is CCn1c(C(=O)O)c(CC(=O)Nc2ccc(Oc3ccccc3)cc2)c2ccccc21. The van der Waals surface area contributed by atoms with Crippen molar-refractivity contribution in [1.82, 2.24) is 4.57 Å². The van der Waals surface area contributed by atoms with Gasteiger partial charge in [-0.05, 0) is 49.4 Å². The number of carbonyl (C=O) groups excluding carboxylic acids is 1. The van der Waals surface area contributed by atoms with Crippen LogP contribution in [0.4, 0.5) is 5.69 Å². The summed E-state index contributed by atoms with van der Waals surface area (Å²) in [6, 6.07) is 23.9. The van der Waals surface area contributed by atoms with Gasteiger partial charge < -0.3 is 19.7 Å². The number of nitrogens with zero attached hydrogens (tertiary/aromatic N) is 1. The van der Waals surface area contributed by atoms with Crippen molar-refractivity contribution in [3.05, 3.63) is 90.1 Å². The molecule has 0 bridgehead atoms. The molecule has 3 aromatic carbocycles. The zero-order chi connectivity index (χ0) is 21.8. The standard InChI is InChI=1S/C25H22N2O4/c1-2-27-22-11-7-6-10-20(22)21(24(27)25(29)30)16-23(28)26-17-12-14-19(15-13-17)31-18-8-4-3-5-9-18/h3-15H,2,16H2,1H3,(H,26,28)(H,29,30). The fourth-order valence-electron chi connectivity index (χ4n) is 3.72. The molecule has 0 aliphatic carbocycles. The summed E-state index contributed by atoms with van der Waals surface area (Å²) in [5.41, 5.74) is 2.10. The lowest BCUT2D eigenvalue weighted by molar-refractivity contribution is -0.115. The van der Waals surface area contributed by atoms with E-state index in [4.69, 9.17) is 4.74 Å². The molecule has 0 saturated carbocycles. The van der Waals surface area contributed by atoms with E-state index in [1.807, 2.05) is 61.5 Å². The molecular weight excluding hydrogens is 392 g/mol. The summed E-state index contributed by atoms with van der Waals surface area (Å²) in [6.45, 7) is 2.40. The van der Waals surface area contributed by atoms with E-state index in [0.29, 0.717) is 23.5 Å². The number of carbonyl (C=O) groups is 2. The molecule has 0 atom stereocenters. The molecule has 1 heterocycles. The number of anilines is 1. The van der Waals surface area contributed by atoms with Crippen LogP contribution in [0, 0.1) is 0 Å². The van der Waals surface area contributed by atoms with Gasteiger partial charge in [-0.1, -0.05) is 36.4 Å². The molecule has 6 heteroatoms. The molecule has 0 spiro atoms. The van der Waals surface area contributed by atoms with Crippen LogP contribution in [0.1, 0.15) is 23.0 Å². The number of aryl methyl sites for hydroxylation is 1. The fourth-order valence-corrected chi connectivity index (χ4v) is 3.72. The first-order valence-corrected chi connectivity index (χ1v) is 10.0. The highest BCUT2D eigenvalue weighted by Crippen LogP contribution is 2.28. The molecule has 0 radical (unpaired) electrons. The number of ether oxygens (including phenoxy) is 1. The molecular formula is C25H22N2O4. The van der Waals surface area contributed by atoms with Gasteiger partial charge in [0.15, 0.2) is 0 Å². The first kappa shape index (κ1) is 20.2. The summed E-state index contributed by atoms with van der Waals surface area (Å²) in [5, 5.41) is 13.4. The molecule has 1 amide bonds. The minimum Gasteiger partial charge on any atom is -0.477 e. The number of amides is 1. The van der Waals surface area contributed by atoms with E-state index >= 15 is 0 Å². The van der Waals surface area contributed by atoms with Crippen molar-refractivity contribution >= 4 is 28.5 Å². The van der Waals surface area contributed by atoms with Crippen molar-refractivity contribution in [2.45, 2.75) is 19.9 Å². The number of nitrogens with one attached hydrogen (secondary N) is 1. The van der Waals surface area contributed by atoms with Gasteiger partial charge in [0.25, 0.3) is 0 Å². The Kier molecular flexibility index (Phi) is 5.71. The Morgan fingerprint density at radius 2 is 1.55 bits per heavy atom. The van der Waals surface area contributed by atoms with Crippen molar-refractivity contribution in [3.8, 4) is 11.5 Å². The number of carboxylic acid groups (broad SMARTS) is 1. The molecule has 156 valence electrons. The van der Waals surface area contributed by atoms with Crippen molar-refractivity contribution in [1.29, 1.82) is 0 Å². The maximum atomic E-state index is 12.7. The highest BCUT2D eigenvalue weighted by molar-refractivity contribution is 6.02. The van der Waals surface area contributed by atoms with Crippen LogP contribution in [-0.2, 0) is 17.8 Å². The van der Waals surface area contributed by atoms with E-state index in [1.165, 1.54) is 0 Å². The molecule has 0 aliphatic heterocycles. The second-order valence-electron chi connectivity index (χ2n) is 7.06. The minimum absolute atomic E-state index is 0.0303. The van der Waals surface area contributed by atoms with E-state index in [2.05, 4.69) is 5.32 Å². The van der Waals surface area contributed by atoms with E-state index in [1.54, 1.807) is 28.8 Å². The third-order valence-electron chi connectivity index (χ3n) is 5.05. The molecule has 4 rings (SSSR count). The smallest absolute Gasteiger partial charge is 0.352 e. The second-order valence-corrected chi connectivity index (χ2v) is 7.06. The molecule has 1 aromatic heterocycles. The number of aromatic carboxylic acids is 1. The topological polar surface area (TPSA) is 80.6 Å². The van der Waals surface area contributed by atoms with Gasteiger partial charge in [0.1, 0.15) is 17.2 Å². The largest absolute Gasteiger partial charge is 0.477 e. The zero-order valence-corrected chi connectivity index (χ0v) is 17.0. The van der Waals surface area contributed by atoms with Crippen LogP contribution in [0.15, 0.2) is 78.9 Å². The molecule has 2 N–H and O–H groups in total. The number of rotatable bonds is 7. The Labute approximate surface area is 179 Å². The molecule has 6 nitrogen and oxygen atoms in total. The van der Waals surface area contributed by atoms with Gasteiger partial charge in [-0.25, -0.2) is 4.79 Å². The Morgan fingerprint density at radius 3 is 2.23 bits per heavy atom. The highest BCUT2D eigenvalue weighted by Gasteiger charge is 2.23. The maximum Gasteiger partial charge on any atom is 0.352 e. The average Bonchev–Trinajstić information content (AvgIpc) is 3.09.